The SMILES string of the molecule is CCOc1ccc(CN2C(=O)C(=O)/C(=C(\O)c3ccc4c(c3)N(C)CCO4)C2c2ccco2)cc1. The lowest BCUT2D eigenvalue weighted by molar-refractivity contribution is -0.140. The van der Waals surface area contributed by atoms with E-state index in [4.69, 9.17) is 13.9 Å². The summed E-state index contributed by atoms with van der Waals surface area (Å²) in [5, 5.41) is 11.3. The number of likely N-dealkylation sites (tertiary alicyclic amines) is 1. The second-order valence-electron chi connectivity index (χ2n) is 8.47. The quantitative estimate of drug-likeness (QED) is 0.326. The molecule has 0 saturated carbocycles. The summed E-state index contributed by atoms with van der Waals surface area (Å²) < 4.78 is 16.8. The third kappa shape index (κ3) is 4.12. The van der Waals surface area contributed by atoms with Gasteiger partial charge in [-0.15, -0.1) is 0 Å². The number of furan rings is 1. The standard InChI is InChI=1S/C27H26N2O6/c1-3-33-19-9-6-17(7-10-19)16-29-24(22-5-4-13-34-22)23(26(31)27(29)32)25(30)18-8-11-21-20(15-18)28(2)12-14-35-21/h4-11,13,15,24,30H,3,12,14,16H2,1-2H3/b25-23-. The number of ketones is 1. The van der Waals surface area contributed by atoms with Crippen molar-refractivity contribution in [2.24, 2.45) is 0 Å². The van der Waals surface area contributed by atoms with Gasteiger partial charge >= 0.3 is 0 Å². The number of anilines is 1. The molecule has 8 nitrogen and oxygen atoms in total. The van der Waals surface area contributed by atoms with Crippen LogP contribution in [-0.2, 0) is 16.1 Å². The molecule has 1 amide bonds. The Morgan fingerprint density at radius 1 is 1.14 bits per heavy atom. The van der Waals surface area contributed by atoms with Crippen LogP contribution in [0.4, 0.5) is 5.69 Å². The van der Waals surface area contributed by atoms with E-state index in [1.54, 1.807) is 30.3 Å². The van der Waals surface area contributed by atoms with Crippen LogP contribution < -0.4 is 14.4 Å². The number of carbonyl (C=O) groups is 2. The number of amides is 1. The van der Waals surface area contributed by atoms with E-state index in [9.17, 15) is 14.7 Å². The van der Waals surface area contributed by atoms with Gasteiger partial charge in [-0.25, -0.2) is 0 Å². The molecule has 3 heterocycles. The normalized spacial score (nSPS) is 19.0. The van der Waals surface area contributed by atoms with Crippen LogP contribution in [0.25, 0.3) is 5.76 Å². The van der Waals surface area contributed by atoms with Gasteiger partial charge in [-0.05, 0) is 55.0 Å². The zero-order valence-corrected chi connectivity index (χ0v) is 19.6. The van der Waals surface area contributed by atoms with E-state index >= 15 is 0 Å². The third-order valence-corrected chi connectivity index (χ3v) is 6.27. The topological polar surface area (TPSA) is 92.5 Å². The van der Waals surface area contributed by atoms with Crippen molar-refractivity contribution in [3.05, 3.63) is 83.3 Å². The fourth-order valence-corrected chi connectivity index (χ4v) is 4.49. The maximum Gasteiger partial charge on any atom is 0.296 e. The summed E-state index contributed by atoms with van der Waals surface area (Å²) in [5.74, 6) is 0.129. The van der Waals surface area contributed by atoms with Gasteiger partial charge in [-0.2, -0.15) is 0 Å². The van der Waals surface area contributed by atoms with Gasteiger partial charge in [0.1, 0.15) is 35.7 Å². The molecular formula is C27H26N2O6. The van der Waals surface area contributed by atoms with E-state index in [0.29, 0.717) is 36.8 Å². The average Bonchev–Trinajstić information content (AvgIpc) is 3.48. The third-order valence-electron chi connectivity index (χ3n) is 6.27. The average molecular weight is 475 g/mol. The number of hydrogen-bond donors (Lipinski definition) is 1. The number of rotatable bonds is 6. The number of nitrogens with zero attached hydrogens (tertiary/aromatic N) is 2. The van der Waals surface area contributed by atoms with Crippen molar-refractivity contribution in [3.8, 4) is 11.5 Å². The predicted octanol–water partition coefficient (Wildman–Crippen LogP) is 4.13. The summed E-state index contributed by atoms with van der Waals surface area (Å²) >= 11 is 0. The van der Waals surface area contributed by atoms with Crippen LogP contribution in [-0.4, -0.2) is 48.5 Å². The van der Waals surface area contributed by atoms with Crippen molar-refractivity contribution >= 4 is 23.1 Å². The number of benzene rings is 2. The van der Waals surface area contributed by atoms with Crippen LogP contribution in [0.1, 0.15) is 29.9 Å². The highest BCUT2D eigenvalue weighted by Crippen LogP contribution is 2.42. The van der Waals surface area contributed by atoms with Crippen molar-refractivity contribution < 1.29 is 28.6 Å². The highest BCUT2D eigenvalue weighted by Gasteiger charge is 2.47. The Labute approximate surface area is 203 Å². The molecule has 1 aromatic heterocycles. The van der Waals surface area contributed by atoms with Gasteiger partial charge in [0.2, 0.25) is 0 Å². The van der Waals surface area contributed by atoms with Crippen molar-refractivity contribution in [1.82, 2.24) is 4.90 Å². The molecule has 3 aromatic rings. The Morgan fingerprint density at radius 3 is 2.66 bits per heavy atom. The molecule has 180 valence electrons. The first-order chi connectivity index (χ1) is 17.0. The van der Waals surface area contributed by atoms with E-state index in [1.807, 2.05) is 43.1 Å². The number of ether oxygens (including phenoxy) is 2. The number of carbonyl (C=O) groups excluding carboxylic acids is 2. The number of fused-ring (bicyclic) bond motifs is 1. The van der Waals surface area contributed by atoms with E-state index < -0.39 is 17.7 Å². The number of likely N-dealkylation sites (N-methyl/N-ethyl adjacent to an activating group) is 1. The maximum atomic E-state index is 13.2. The molecule has 1 fully saturated rings. The minimum absolute atomic E-state index is 0.00443. The number of aliphatic hydroxyl groups is 1. The highest BCUT2D eigenvalue weighted by atomic mass is 16.5. The Morgan fingerprint density at radius 2 is 1.94 bits per heavy atom. The predicted molar refractivity (Wildman–Crippen MR) is 129 cm³/mol. The second-order valence-corrected chi connectivity index (χ2v) is 8.47. The molecule has 8 heteroatoms. The summed E-state index contributed by atoms with van der Waals surface area (Å²) in [5.41, 5.74) is 2.05. The molecule has 35 heavy (non-hydrogen) atoms. The van der Waals surface area contributed by atoms with Gasteiger partial charge in [0.15, 0.2) is 0 Å². The lowest BCUT2D eigenvalue weighted by Gasteiger charge is -2.28. The van der Waals surface area contributed by atoms with Crippen molar-refractivity contribution in [3.63, 3.8) is 0 Å². The van der Waals surface area contributed by atoms with Crippen molar-refractivity contribution in [2.75, 3.05) is 31.7 Å². The van der Waals surface area contributed by atoms with Crippen LogP contribution in [0, 0.1) is 0 Å². The van der Waals surface area contributed by atoms with E-state index in [2.05, 4.69) is 0 Å². The first-order valence-corrected chi connectivity index (χ1v) is 11.5. The molecule has 1 N–H and O–H groups in total. The second kappa shape index (κ2) is 9.21. The monoisotopic (exact) mass is 474 g/mol. The van der Waals surface area contributed by atoms with Gasteiger partial charge < -0.3 is 28.8 Å². The zero-order chi connectivity index (χ0) is 24.5. The number of aliphatic hydroxyl groups excluding tert-OH is 1. The Bertz CT molecular complexity index is 1280. The van der Waals surface area contributed by atoms with Crippen molar-refractivity contribution in [2.45, 2.75) is 19.5 Å². The molecule has 1 atom stereocenters. The fraction of sp³-hybridized carbons (Fsp3) is 0.259. The Balaban J connectivity index is 1.55. The maximum absolute atomic E-state index is 13.2. The Hall–Kier alpha value is -4.20. The minimum Gasteiger partial charge on any atom is -0.507 e. The molecule has 0 radical (unpaired) electrons. The molecule has 2 aliphatic heterocycles. The van der Waals surface area contributed by atoms with Gasteiger partial charge in [0.05, 0.1) is 30.7 Å². The first kappa shape index (κ1) is 22.6. The summed E-state index contributed by atoms with van der Waals surface area (Å²) in [4.78, 5) is 29.8. The molecule has 5 rings (SSSR count). The van der Waals surface area contributed by atoms with Gasteiger partial charge in [-0.1, -0.05) is 12.1 Å². The lowest BCUT2D eigenvalue weighted by Crippen LogP contribution is -2.29. The van der Waals surface area contributed by atoms with E-state index in [-0.39, 0.29) is 17.9 Å². The highest BCUT2D eigenvalue weighted by molar-refractivity contribution is 6.46. The Kier molecular flexibility index (Phi) is 5.94. The summed E-state index contributed by atoms with van der Waals surface area (Å²) in [6.07, 6.45) is 1.48. The molecule has 0 spiro atoms. The molecule has 0 bridgehead atoms. The molecule has 0 aliphatic carbocycles. The van der Waals surface area contributed by atoms with E-state index in [0.717, 1.165) is 17.0 Å². The number of Topliss-reactive ketones (excluding diaryl/α,β-unsaturated/α-hetero) is 1. The first-order valence-electron chi connectivity index (χ1n) is 11.5. The molecule has 1 unspecified atom stereocenters. The van der Waals surface area contributed by atoms with Crippen LogP contribution in [0.15, 0.2) is 70.9 Å². The van der Waals surface area contributed by atoms with Crippen LogP contribution in [0.3, 0.4) is 0 Å². The van der Waals surface area contributed by atoms with Gasteiger partial charge in [0.25, 0.3) is 11.7 Å². The summed E-state index contributed by atoms with van der Waals surface area (Å²) in [6, 6.07) is 15.1. The number of hydrogen-bond acceptors (Lipinski definition) is 7. The van der Waals surface area contributed by atoms with Crippen molar-refractivity contribution in [1.29, 1.82) is 0 Å². The molecule has 1 saturated heterocycles. The van der Waals surface area contributed by atoms with Gasteiger partial charge in [-0.3, -0.25) is 9.59 Å². The lowest BCUT2D eigenvalue weighted by atomic mass is 9.98. The molecular weight excluding hydrogens is 448 g/mol. The fourth-order valence-electron chi connectivity index (χ4n) is 4.49. The molecule has 2 aromatic carbocycles. The van der Waals surface area contributed by atoms with Crippen LogP contribution in [0.5, 0.6) is 11.5 Å². The summed E-state index contributed by atoms with van der Waals surface area (Å²) in [7, 11) is 1.93. The zero-order valence-electron chi connectivity index (χ0n) is 19.6. The van der Waals surface area contributed by atoms with Gasteiger partial charge in [0, 0.05) is 19.2 Å². The minimum atomic E-state index is -0.860. The smallest absolute Gasteiger partial charge is 0.296 e. The summed E-state index contributed by atoms with van der Waals surface area (Å²) in [6.45, 7) is 3.90. The van der Waals surface area contributed by atoms with E-state index in [1.165, 1.54) is 11.2 Å². The largest absolute Gasteiger partial charge is 0.507 e. The van der Waals surface area contributed by atoms with Crippen LogP contribution in [0.2, 0.25) is 0 Å². The molecule has 2 aliphatic rings. The van der Waals surface area contributed by atoms with Crippen LogP contribution >= 0.6 is 0 Å².